The van der Waals surface area contributed by atoms with E-state index in [4.69, 9.17) is 0 Å². The Morgan fingerprint density at radius 1 is 1.61 bits per heavy atom. The lowest BCUT2D eigenvalue weighted by molar-refractivity contribution is -0.119. The lowest BCUT2D eigenvalue weighted by Crippen LogP contribution is -2.30. The van der Waals surface area contributed by atoms with Crippen LogP contribution in [-0.4, -0.2) is 38.4 Å². The van der Waals surface area contributed by atoms with Crippen LogP contribution in [-0.2, 0) is 11.8 Å². The fraction of sp³-hybridized carbons (Fsp3) is 0.727. The highest BCUT2D eigenvalue weighted by Gasteiger charge is 2.36. The molecular weight excluding hydrogens is 236 g/mol. The molecule has 1 heterocycles. The van der Waals surface area contributed by atoms with E-state index in [0.717, 1.165) is 6.42 Å². The van der Waals surface area contributed by atoms with E-state index in [-0.39, 0.29) is 23.4 Å². The zero-order chi connectivity index (χ0) is 13.3. The summed E-state index contributed by atoms with van der Waals surface area (Å²) in [6.07, 6.45) is 0.829. The van der Waals surface area contributed by atoms with E-state index in [9.17, 15) is 14.7 Å². The van der Waals surface area contributed by atoms with Crippen LogP contribution in [0.25, 0.3) is 0 Å². The van der Waals surface area contributed by atoms with Crippen molar-refractivity contribution in [1.82, 2.24) is 20.1 Å². The average Bonchev–Trinajstić information content (AvgIpc) is 2.82. The molecule has 1 saturated carbocycles. The van der Waals surface area contributed by atoms with E-state index in [1.165, 1.54) is 11.5 Å². The number of hydrogen-bond donors (Lipinski definition) is 3. The summed E-state index contributed by atoms with van der Waals surface area (Å²) in [5.41, 5.74) is -0.246. The van der Waals surface area contributed by atoms with Crippen LogP contribution in [0.4, 0.5) is 0 Å². The van der Waals surface area contributed by atoms with Crippen LogP contribution in [0.1, 0.15) is 31.5 Å². The Balaban J connectivity index is 2.04. The molecule has 1 aliphatic rings. The van der Waals surface area contributed by atoms with Gasteiger partial charge in [0.15, 0.2) is 0 Å². The van der Waals surface area contributed by atoms with Gasteiger partial charge in [0.1, 0.15) is 5.82 Å². The van der Waals surface area contributed by atoms with E-state index in [0.29, 0.717) is 18.8 Å². The Morgan fingerprint density at radius 2 is 2.33 bits per heavy atom. The molecule has 100 valence electrons. The summed E-state index contributed by atoms with van der Waals surface area (Å²) in [6, 6.07) is 0. The van der Waals surface area contributed by atoms with Gasteiger partial charge in [-0.25, -0.2) is 9.89 Å². The first kappa shape index (κ1) is 12.8. The lowest BCUT2D eigenvalue weighted by Gasteiger charge is -2.13. The van der Waals surface area contributed by atoms with Gasteiger partial charge in [-0.3, -0.25) is 9.36 Å². The minimum atomic E-state index is -0.464. The van der Waals surface area contributed by atoms with Gasteiger partial charge in [-0.1, -0.05) is 0 Å². The maximum absolute atomic E-state index is 11.3. The van der Waals surface area contributed by atoms with Crippen LogP contribution in [0.15, 0.2) is 4.79 Å². The highest BCUT2D eigenvalue weighted by molar-refractivity contribution is 5.72. The molecule has 0 radical (unpaired) electrons. The third kappa shape index (κ3) is 2.45. The predicted molar refractivity (Wildman–Crippen MR) is 64.0 cm³/mol. The molecule has 1 fully saturated rings. The summed E-state index contributed by atoms with van der Waals surface area (Å²) >= 11 is 0. The quantitative estimate of drug-likeness (QED) is 0.650. The highest BCUT2D eigenvalue weighted by Crippen LogP contribution is 2.36. The molecule has 7 nitrogen and oxygen atoms in total. The van der Waals surface area contributed by atoms with Crippen molar-refractivity contribution in [2.75, 3.05) is 6.54 Å². The number of rotatable bonds is 3. The van der Waals surface area contributed by atoms with Crippen LogP contribution in [0.3, 0.4) is 0 Å². The van der Waals surface area contributed by atoms with Crippen LogP contribution >= 0.6 is 0 Å². The van der Waals surface area contributed by atoms with Gasteiger partial charge >= 0.3 is 5.69 Å². The molecule has 3 atom stereocenters. The van der Waals surface area contributed by atoms with E-state index < -0.39 is 6.10 Å². The van der Waals surface area contributed by atoms with Crippen molar-refractivity contribution in [3.05, 3.63) is 16.3 Å². The normalized spacial score (nSPS) is 27.4. The number of carbonyl (C=O) groups excluding carboxylic acids is 1. The molecule has 0 aliphatic heterocycles. The zero-order valence-electron chi connectivity index (χ0n) is 10.5. The molecule has 3 N–H and O–H groups in total. The Bertz CT molecular complexity index is 493. The summed E-state index contributed by atoms with van der Waals surface area (Å²) in [4.78, 5) is 22.2. The van der Waals surface area contributed by atoms with Gasteiger partial charge in [0.05, 0.1) is 6.10 Å². The molecule has 1 amide bonds. The molecule has 18 heavy (non-hydrogen) atoms. The van der Waals surface area contributed by atoms with Crippen molar-refractivity contribution in [2.24, 2.45) is 13.0 Å². The number of aromatic amines is 1. The molecule has 0 saturated heterocycles. The Morgan fingerprint density at radius 3 is 2.89 bits per heavy atom. The van der Waals surface area contributed by atoms with Crippen LogP contribution in [0.2, 0.25) is 0 Å². The fourth-order valence-corrected chi connectivity index (χ4v) is 2.53. The van der Waals surface area contributed by atoms with Crippen LogP contribution in [0, 0.1) is 5.92 Å². The second-order valence-electron chi connectivity index (χ2n) is 4.88. The van der Waals surface area contributed by atoms with Crippen molar-refractivity contribution >= 4 is 5.91 Å². The van der Waals surface area contributed by atoms with E-state index in [2.05, 4.69) is 15.5 Å². The second kappa shape index (κ2) is 4.93. The maximum atomic E-state index is 11.3. The first-order chi connectivity index (χ1) is 8.49. The molecular formula is C11H18N4O3. The molecule has 7 heteroatoms. The smallest absolute Gasteiger partial charge is 0.343 e. The first-order valence-electron chi connectivity index (χ1n) is 6.02. The van der Waals surface area contributed by atoms with E-state index >= 15 is 0 Å². The molecule has 0 bridgehead atoms. The molecule has 0 unspecified atom stereocenters. The van der Waals surface area contributed by atoms with Crippen LogP contribution in [0.5, 0.6) is 0 Å². The second-order valence-corrected chi connectivity index (χ2v) is 4.88. The minimum absolute atomic E-state index is 0.0192. The van der Waals surface area contributed by atoms with Gasteiger partial charge in [-0.15, -0.1) is 0 Å². The van der Waals surface area contributed by atoms with E-state index in [1.807, 2.05) is 0 Å². The molecule has 1 aliphatic carbocycles. The highest BCUT2D eigenvalue weighted by atomic mass is 16.3. The Hall–Kier alpha value is -1.63. The van der Waals surface area contributed by atoms with Gasteiger partial charge in [0.25, 0.3) is 0 Å². The Labute approximate surface area is 104 Å². The number of aliphatic hydroxyl groups excluding tert-OH is 1. The number of H-pyrrole nitrogens is 1. The zero-order valence-corrected chi connectivity index (χ0v) is 10.5. The van der Waals surface area contributed by atoms with Crippen molar-refractivity contribution in [3.63, 3.8) is 0 Å². The third-order valence-electron chi connectivity index (χ3n) is 3.55. The van der Waals surface area contributed by atoms with Gasteiger partial charge < -0.3 is 10.4 Å². The van der Waals surface area contributed by atoms with Gasteiger partial charge in [0, 0.05) is 32.4 Å². The van der Waals surface area contributed by atoms with Crippen molar-refractivity contribution in [2.45, 2.75) is 31.8 Å². The van der Waals surface area contributed by atoms with E-state index in [1.54, 1.807) is 7.05 Å². The first-order valence-corrected chi connectivity index (χ1v) is 6.02. The van der Waals surface area contributed by atoms with Crippen molar-refractivity contribution < 1.29 is 9.90 Å². The van der Waals surface area contributed by atoms with Gasteiger partial charge in [-0.05, 0) is 12.8 Å². The minimum Gasteiger partial charge on any atom is -0.393 e. The number of hydrogen-bond acceptors (Lipinski definition) is 4. The standard InChI is InChI=1S/C11H18N4O3/c1-6(16)12-5-8-3-7(4-9(8)17)10-13-14-11(18)15(10)2/h7-9,17H,3-5H2,1-2H3,(H,12,16)(H,14,18)/t7-,8+,9+/m1/s1. The van der Waals surface area contributed by atoms with Crippen molar-refractivity contribution in [1.29, 1.82) is 0 Å². The number of nitrogens with one attached hydrogen (secondary N) is 2. The summed E-state index contributed by atoms with van der Waals surface area (Å²) in [5.74, 6) is 0.649. The number of amides is 1. The number of nitrogens with zero attached hydrogens (tertiary/aromatic N) is 2. The predicted octanol–water partition coefficient (Wildman–Crippen LogP) is -0.901. The monoisotopic (exact) mass is 254 g/mol. The molecule has 1 aromatic heterocycles. The molecule has 0 spiro atoms. The largest absolute Gasteiger partial charge is 0.393 e. The van der Waals surface area contributed by atoms with Crippen molar-refractivity contribution in [3.8, 4) is 0 Å². The summed E-state index contributed by atoms with van der Waals surface area (Å²) in [6.45, 7) is 1.92. The molecule has 1 aromatic rings. The Kier molecular flexibility index (Phi) is 3.51. The van der Waals surface area contributed by atoms with Crippen LogP contribution < -0.4 is 11.0 Å². The molecule has 0 aromatic carbocycles. The topological polar surface area (TPSA) is 100 Å². The fourth-order valence-electron chi connectivity index (χ4n) is 2.53. The third-order valence-corrected chi connectivity index (χ3v) is 3.55. The number of aliphatic hydroxyl groups is 1. The maximum Gasteiger partial charge on any atom is 0.343 e. The summed E-state index contributed by atoms with van der Waals surface area (Å²) in [5, 5.41) is 19.1. The molecule has 2 rings (SSSR count). The lowest BCUT2D eigenvalue weighted by atomic mass is 10.0. The summed E-state index contributed by atoms with van der Waals surface area (Å²) in [7, 11) is 1.66. The number of carbonyl (C=O) groups is 1. The SMILES string of the molecule is CC(=O)NC[C@@H]1C[C@@H](c2n[nH]c(=O)n2C)C[C@@H]1O. The summed E-state index contributed by atoms with van der Waals surface area (Å²) < 4.78 is 1.47. The van der Waals surface area contributed by atoms with Gasteiger partial charge in [0.2, 0.25) is 5.91 Å². The number of aromatic nitrogens is 3. The average molecular weight is 254 g/mol. The van der Waals surface area contributed by atoms with Gasteiger partial charge in [-0.2, -0.15) is 5.10 Å².